The van der Waals surface area contributed by atoms with E-state index in [2.05, 4.69) is 28.9 Å². The monoisotopic (exact) mass is 307 g/mol. The van der Waals surface area contributed by atoms with E-state index in [-0.39, 0.29) is 0 Å². The molecule has 21 heavy (non-hydrogen) atoms. The van der Waals surface area contributed by atoms with Crippen LogP contribution in [0.4, 0.5) is 0 Å². The average Bonchev–Trinajstić information content (AvgIpc) is 3.19. The maximum Gasteiger partial charge on any atom is 0.0564 e. The van der Waals surface area contributed by atoms with Crippen LogP contribution in [0, 0.1) is 0 Å². The molecule has 2 atom stereocenters. The fourth-order valence-corrected chi connectivity index (χ4v) is 4.94. The number of piperidine rings is 1. The van der Waals surface area contributed by atoms with Crippen LogP contribution in [0.2, 0.25) is 0 Å². The van der Waals surface area contributed by atoms with E-state index in [9.17, 15) is 0 Å². The van der Waals surface area contributed by atoms with Crippen LogP contribution in [0.1, 0.15) is 48.4 Å². The van der Waals surface area contributed by atoms with Crippen LogP contribution in [-0.4, -0.2) is 48.6 Å². The minimum absolute atomic E-state index is 0.435. The number of hydrogen-bond donors (Lipinski definition) is 1. The summed E-state index contributed by atoms with van der Waals surface area (Å²) in [6.07, 6.45) is 6.66. The van der Waals surface area contributed by atoms with E-state index in [0.29, 0.717) is 6.04 Å². The van der Waals surface area contributed by atoms with Gasteiger partial charge >= 0.3 is 0 Å². The number of thiophene rings is 1. The Bertz CT molecular complexity index is 439. The number of nitrogens with zero attached hydrogens (tertiary/aromatic N) is 2. The largest absolute Gasteiger partial charge is 0.329 e. The zero-order chi connectivity index (χ0) is 14.7. The molecule has 0 bridgehead atoms. The molecule has 1 aromatic heterocycles. The molecular formula is C17H29N3S. The third kappa shape index (κ3) is 3.50. The molecular weight excluding hydrogens is 278 g/mol. The fraction of sp³-hybridized carbons (Fsp3) is 0.765. The van der Waals surface area contributed by atoms with E-state index in [0.717, 1.165) is 19.0 Å². The fourth-order valence-electron chi connectivity index (χ4n) is 3.84. The lowest BCUT2D eigenvalue weighted by molar-refractivity contribution is 0.153. The summed E-state index contributed by atoms with van der Waals surface area (Å²) < 4.78 is 0. The Morgan fingerprint density at radius 2 is 2.05 bits per heavy atom. The van der Waals surface area contributed by atoms with Gasteiger partial charge in [0.25, 0.3) is 0 Å². The van der Waals surface area contributed by atoms with Crippen LogP contribution in [0.15, 0.2) is 12.1 Å². The minimum atomic E-state index is 0.435. The van der Waals surface area contributed by atoms with E-state index in [1.165, 1.54) is 61.6 Å². The van der Waals surface area contributed by atoms with Gasteiger partial charge in [0.1, 0.15) is 0 Å². The summed E-state index contributed by atoms with van der Waals surface area (Å²) >= 11 is 1.95. The molecule has 0 aliphatic carbocycles. The van der Waals surface area contributed by atoms with Crippen molar-refractivity contribution in [3.8, 4) is 0 Å². The smallest absolute Gasteiger partial charge is 0.0564 e. The van der Waals surface area contributed by atoms with Gasteiger partial charge in [0, 0.05) is 35.4 Å². The number of likely N-dealkylation sites (tertiary alicyclic amines) is 2. The Hall–Kier alpha value is -0.420. The van der Waals surface area contributed by atoms with E-state index in [1.54, 1.807) is 0 Å². The van der Waals surface area contributed by atoms with Gasteiger partial charge in [-0.2, -0.15) is 0 Å². The topological polar surface area (TPSA) is 32.5 Å². The van der Waals surface area contributed by atoms with E-state index in [1.807, 2.05) is 11.3 Å². The molecule has 118 valence electrons. The highest BCUT2D eigenvalue weighted by atomic mass is 32.1. The van der Waals surface area contributed by atoms with Crippen molar-refractivity contribution < 1.29 is 0 Å². The Kier molecular flexibility index (Phi) is 5.33. The molecule has 3 heterocycles. The maximum absolute atomic E-state index is 6.11. The highest BCUT2D eigenvalue weighted by Crippen LogP contribution is 2.31. The van der Waals surface area contributed by atoms with Crippen molar-refractivity contribution in [1.82, 2.24) is 9.80 Å². The van der Waals surface area contributed by atoms with Gasteiger partial charge < -0.3 is 5.73 Å². The second-order valence-corrected chi connectivity index (χ2v) is 7.64. The zero-order valence-corrected chi connectivity index (χ0v) is 14.1. The van der Waals surface area contributed by atoms with Crippen molar-refractivity contribution in [2.75, 3.05) is 32.7 Å². The molecule has 2 aliphatic rings. The lowest BCUT2D eigenvalue weighted by Crippen LogP contribution is -2.41. The standard InChI is InChI=1S/C17H29N3S/c1-2-15-6-7-17(21-15)16(12-18)20-11-8-14(13-20)19-9-4-3-5-10-19/h6-7,14,16H,2-5,8-13,18H2,1H3. The molecule has 2 fully saturated rings. The van der Waals surface area contributed by atoms with Gasteiger partial charge in [-0.05, 0) is 50.9 Å². The van der Waals surface area contributed by atoms with E-state index < -0.39 is 0 Å². The average molecular weight is 308 g/mol. The van der Waals surface area contributed by atoms with Gasteiger partial charge in [0.05, 0.1) is 6.04 Å². The van der Waals surface area contributed by atoms with Gasteiger partial charge in [0.15, 0.2) is 0 Å². The zero-order valence-electron chi connectivity index (χ0n) is 13.3. The molecule has 2 aliphatic heterocycles. The normalized spacial score (nSPS) is 26.3. The molecule has 3 rings (SSSR count). The first-order chi connectivity index (χ1) is 10.3. The molecule has 0 radical (unpaired) electrons. The van der Waals surface area contributed by atoms with Crippen molar-refractivity contribution in [3.05, 3.63) is 21.9 Å². The quantitative estimate of drug-likeness (QED) is 0.908. The minimum Gasteiger partial charge on any atom is -0.329 e. The molecule has 0 amide bonds. The predicted octanol–water partition coefficient (Wildman–Crippen LogP) is 2.87. The third-order valence-corrected chi connectivity index (χ3v) is 6.46. The summed E-state index contributed by atoms with van der Waals surface area (Å²) in [5.74, 6) is 0. The first-order valence-corrected chi connectivity index (χ1v) is 9.40. The molecule has 0 spiro atoms. The summed E-state index contributed by atoms with van der Waals surface area (Å²) in [5.41, 5.74) is 6.11. The van der Waals surface area contributed by atoms with Crippen LogP contribution in [0.3, 0.4) is 0 Å². The van der Waals surface area contributed by atoms with Gasteiger partial charge in [-0.1, -0.05) is 13.3 Å². The molecule has 0 aromatic carbocycles. The lowest BCUT2D eigenvalue weighted by atomic mass is 10.1. The lowest BCUT2D eigenvalue weighted by Gasteiger charge is -2.33. The van der Waals surface area contributed by atoms with Crippen molar-refractivity contribution in [1.29, 1.82) is 0 Å². The number of aryl methyl sites for hydroxylation is 1. The first kappa shape index (κ1) is 15.5. The number of rotatable bonds is 5. The summed E-state index contributed by atoms with van der Waals surface area (Å²) in [6, 6.07) is 5.78. The van der Waals surface area contributed by atoms with E-state index in [4.69, 9.17) is 5.73 Å². The van der Waals surface area contributed by atoms with Crippen molar-refractivity contribution in [3.63, 3.8) is 0 Å². The van der Waals surface area contributed by atoms with Gasteiger partial charge in [-0.25, -0.2) is 0 Å². The maximum atomic E-state index is 6.11. The molecule has 1 aromatic rings. The molecule has 4 heteroatoms. The Balaban J connectivity index is 1.62. The molecule has 2 N–H and O–H groups in total. The first-order valence-electron chi connectivity index (χ1n) is 8.58. The summed E-state index contributed by atoms with van der Waals surface area (Å²) in [4.78, 5) is 8.30. The molecule has 2 unspecified atom stereocenters. The van der Waals surface area contributed by atoms with Gasteiger partial charge in [-0.15, -0.1) is 11.3 Å². The predicted molar refractivity (Wildman–Crippen MR) is 90.9 cm³/mol. The molecule has 2 saturated heterocycles. The summed E-state index contributed by atoms with van der Waals surface area (Å²) in [6.45, 7) is 8.02. The highest BCUT2D eigenvalue weighted by Gasteiger charge is 2.32. The van der Waals surface area contributed by atoms with Gasteiger partial charge in [-0.3, -0.25) is 9.80 Å². The van der Waals surface area contributed by atoms with E-state index >= 15 is 0 Å². The molecule has 0 saturated carbocycles. The molecule has 3 nitrogen and oxygen atoms in total. The highest BCUT2D eigenvalue weighted by molar-refractivity contribution is 7.12. The van der Waals surface area contributed by atoms with Crippen molar-refractivity contribution >= 4 is 11.3 Å². The van der Waals surface area contributed by atoms with Crippen molar-refractivity contribution in [2.24, 2.45) is 5.73 Å². The Morgan fingerprint density at radius 1 is 1.24 bits per heavy atom. The van der Waals surface area contributed by atoms with Crippen LogP contribution in [-0.2, 0) is 6.42 Å². The number of nitrogens with two attached hydrogens (primary N) is 1. The Labute approximate surface area is 133 Å². The SMILES string of the molecule is CCc1ccc(C(CN)N2CCC(N3CCCCC3)C2)s1. The van der Waals surface area contributed by atoms with Crippen molar-refractivity contribution in [2.45, 2.75) is 51.1 Å². The van der Waals surface area contributed by atoms with Gasteiger partial charge in [0.2, 0.25) is 0 Å². The third-order valence-electron chi connectivity index (χ3n) is 5.13. The summed E-state index contributed by atoms with van der Waals surface area (Å²) in [5, 5.41) is 0. The van der Waals surface area contributed by atoms with Crippen LogP contribution in [0.5, 0.6) is 0 Å². The van der Waals surface area contributed by atoms with Crippen LogP contribution < -0.4 is 5.73 Å². The number of hydrogen-bond acceptors (Lipinski definition) is 4. The second kappa shape index (κ2) is 7.23. The summed E-state index contributed by atoms with van der Waals surface area (Å²) in [7, 11) is 0. The Morgan fingerprint density at radius 3 is 2.71 bits per heavy atom. The van der Waals surface area contributed by atoms with Crippen LogP contribution >= 0.6 is 11.3 Å². The van der Waals surface area contributed by atoms with Crippen LogP contribution in [0.25, 0.3) is 0 Å². The second-order valence-electron chi connectivity index (χ2n) is 6.44.